The molecule has 0 unspecified atom stereocenters. The normalized spacial score (nSPS) is 28.4. The molecule has 3 heterocycles. The highest BCUT2D eigenvalue weighted by Gasteiger charge is 2.54. The van der Waals surface area contributed by atoms with Crippen molar-refractivity contribution < 1.29 is 24.1 Å². The molecule has 1 saturated carbocycles. The van der Waals surface area contributed by atoms with E-state index in [1.165, 1.54) is 48.1 Å². The molecule has 1 saturated heterocycles. The van der Waals surface area contributed by atoms with Gasteiger partial charge < -0.3 is 29.5 Å². The number of nitrogens with one attached hydrogen (secondary N) is 1. The number of carbonyl (C=O) groups is 1. The van der Waals surface area contributed by atoms with Gasteiger partial charge in [0.1, 0.15) is 17.4 Å². The molecule has 0 bridgehead atoms. The number of aliphatic carboxylic acids is 1. The van der Waals surface area contributed by atoms with Crippen LogP contribution in [-0.4, -0.2) is 90.5 Å². The van der Waals surface area contributed by atoms with Gasteiger partial charge >= 0.3 is 5.97 Å². The zero-order chi connectivity index (χ0) is 39.0. The van der Waals surface area contributed by atoms with Crippen molar-refractivity contribution in [3.63, 3.8) is 0 Å². The van der Waals surface area contributed by atoms with Crippen molar-refractivity contribution in [1.29, 1.82) is 0 Å². The summed E-state index contributed by atoms with van der Waals surface area (Å²) in [6.45, 7) is 9.01. The number of fused-ring (bicyclic) bond motifs is 4. The van der Waals surface area contributed by atoms with E-state index in [1.54, 1.807) is 0 Å². The monoisotopic (exact) mass is 784 g/mol. The van der Waals surface area contributed by atoms with Gasteiger partial charge in [-0.25, -0.2) is 4.79 Å². The average Bonchev–Trinajstić information content (AvgIpc) is 3.30. The number of likely N-dealkylation sites (N-methyl/N-ethyl adjacent to an activating group) is 1. The molecule has 4 atom stereocenters. The van der Waals surface area contributed by atoms with Crippen LogP contribution in [0.4, 0.5) is 5.69 Å². The van der Waals surface area contributed by atoms with Crippen LogP contribution in [0, 0.1) is 11.8 Å². The zero-order valence-corrected chi connectivity index (χ0v) is 34.6. The third-order valence-electron chi connectivity index (χ3n) is 14.1. The Morgan fingerprint density at radius 2 is 1.91 bits per heavy atom. The minimum Gasteiger partial charge on any atom is -0.493 e. The van der Waals surface area contributed by atoms with Gasteiger partial charge in [-0.3, -0.25) is 9.88 Å². The molecule has 3 aliphatic carbocycles. The maximum atomic E-state index is 13.1. The number of aryl methyl sites for hydroxylation is 1. The maximum absolute atomic E-state index is 13.1. The number of benzene rings is 2. The highest BCUT2D eigenvalue weighted by atomic mass is 35.5. The van der Waals surface area contributed by atoms with Gasteiger partial charge in [0.2, 0.25) is 0 Å². The van der Waals surface area contributed by atoms with Gasteiger partial charge in [-0.2, -0.15) is 0 Å². The van der Waals surface area contributed by atoms with E-state index in [4.69, 9.17) is 30.8 Å². The standard InChI is InChI=1S/C46H61ClN4O5/c1-30(29-55-40-11-19-48-39-10-5-7-31(2)43(39)40)23-33-24-32-25-41-42(56-37(14-22-54-41)28-51(4)36-12-20-50(3)21-13-36)27-38(32)45(33)15-17-46(18-16-45,44(52)53)49-35-9-6-8-34(47)26-35/h6,8-9,11,19,25-27,30-31,33,36-37,49H,5,7,10,12-18,20-24,28-29H2,1-4H3,(H,52,53)/t30-,31-,33+,37-,45?,46?/m1/s1. The molecule has 9 nitrogen and oxygen atoms in total. The number of carboxylic acid groups (broad SMARTS) is 1. The Balaban J connectivity index is 1.05. The van der Waals surface area contributed by atoms with E-state index >= 15 is 0 Å². The number of likely N-dealkylation sites (tertiary alicyclic amines) is 1. The molecule has 56 heavy (non-hydrogen) atoms. The van der Waals surface area contributed by atoms with Gasteiger partial charge in [0.25, 0.3) is 0 Å². The van der Waals surface area contributed by atoms with E-state index in [-0.39, 0.29) is 11.5 Å². The Morgan fingerprint density at radius 1 is 1.11 bits per heavy atom. The summed E-state index contributed by atoms with van der Waals surface area (Å²) in [5.41, 5.74) is 4.59. The molecule has 1 spiro atoms. The summed E-state index contributed by atoms with van der Waals surface area (Å²) in [6.07, 6.45) is 13.0. The predicted molar refractivity (Wildman–Crippen MR) is 222 cm³/mol. The Hall–Kier alpha value is -3.53. The van der Waals surface area contributed by atoms with E-state index in [0.29, 0.717) is 54.9 Å². The van der Waals surface area contributed by atoms with Crippen LogP contribution in [-0.2, 0) is 23.1 Å². The molecule has 0 radical (unpaired) electrons. The first kappa shape index (κ1) is 39.3. The molecule has 302 valence electrons. The quantitative estimate of drug-likeness (QED) is 0.198. The number of nitrogens with zero attached hydrogens (tertiary/aromatic N) is 3. The molecule has 2 N–H and O–H groups in total. The van der Waals surface area contributed by atoms with Gasteiger partial charge in [-0.15, -0.1) is 0 Å². The minimum atomic E-state index is -1.08. The van der Waals surface area contributed by atoms with Gasteiger partial charge in [0.15, 0.2) is 11.5 Å². The fourth-order valence-corrected chi connectivity index (χ4v) is 11.1. The molecule has 1 aromatic heterocycles. The summed E-state index contributed by atoms with van der Waals surface area (Å²) in [5.74, 6) is 2.94. The fraction of sp³-hybridized carbons (Fsp3) is 0.609. The number of ether oxygens (including phenoxy) is 3. The molecular formula is C46H61ClN4O5. The molecule has 10 heteroatoms. The van der Waals surface area contributed by atoms with E-state index in [0.717, 1.165) is 81.1 Å². The fourth-order valence-electron chi connectivity index (χ4n) is 10.9. The van der Waals surface area contributed by atoms with Crippen LogP contribution in [0.15, 0.2) is 48.7 Å². The number of pyridine rings is 1. The topological polar surface area (TPSA) is 96.4 Å². The lowest BCUT2D eigenvalue weighted by Crippen LogP contribution is -2.53. The zero-order valence-electron chi connectivity index (χ0n) is 33.8. The van der Waals surface area contributed by atoms with Crippen LogP contribution in [0.1, 0.15) is 106 Å². The lowest BCUT2D eigenvalue weighted by molar-refractivity contribution is -0.144. The summed E-state index contributed by atoms with van der Waals surface area (Å²) < 4.78 is 20.0. The van der Waals surface area contributed by atoms with Gasteiger partial charge in [0.05, 0.1) is 13.2 Å². The first-order chi connectivity index (χ1) is 27.0. The number of halogens is 1. The third kappa shape index (κ3) is 7.97. The number of hydrogen-bond donors (Lipinski definition) is 2. The second-order valence-corrected chi connectivity index (χ2v) is 18.4. The summed E-state index contributed by atoms with van der Waals surface area (Å²) in [4.78, 5) is 22.8. The summed E-state index contributed by atoms with van der Waals surface area (Å²) in [7, 11) is 4.46. The van der Waals surface area contributed by atoms with Crippen molar-refractivity contribution in [1.82, 2.24) is 14.8 Å². The second-order valence-electron chi connectivity index (χ2n) is 18.0. The highest BCUT2D eigenvalue weighted by molar-refractivity contribution is 6.30. The number of hydrogen-bond acceptors (Lipinski definition) is 8. The molecular weight excluding hydrogens is 724 g/mol. The maximum Gasteiger partial charge on any atom is 0.329 e. The van der Waals surface area contributed by atoms with Crippen LogP contribution >= 0.6 is 11.6 Å². The number of carboxylic acids is 1. The Kier molecular flexibility index (Phi) is 11.5. The van der Waals surface area contributed by atoms with Crippen LogP contribution in [0.3, 0.4) is 0 Å². The Labute approximate surface area is 338 Å². The molecule has 5 aliphatic rings. The van der Waals surface area contributed by atoms with Gasteiger partial charge in [0, 0.05) is 47.2 Å². The van der Waals surface area contributed by atoms with Crippen LogP contribution in [0.2, 0.25) is 5.02 Å². The summed E-state index contributed by atoms with van der Waals surface area (Å²) in [5, 5.41) is 14.8. The van der Waals surface area contributed by atoms with Crippen LogP contribution < -0.4 is 19.5 Å². The predicted octanol–water partition coefficient (Wildman–Crippen LogP) is 8.76. The van der Waals surface area contributed by atoms with E-state index in [1.807, 2.05) is 36.5 Å². The van der Waals surface area contributed by atoms with E-state index < -0.39 is 11.5 Å². The highest BCUT2D eigenvalue weighted by Crippen LogP contribution is 2.58. The average molecular weight is 785 g/mol. The largest absolute Gasteiger partial charge is 0.493 e. The minimum absolute atomic E-state index is 0.0406. The summed E-state index contributed by atoms with van der Waals surface area (Å²) >= 11 is 6.34. The lowest BCUT2D eigenvalue weighted by Gasteiger charge is -2.47. The van der Waals surface area contributed by atoms with Crippen molar-refractivity contribution >= 4 is 23.3 Å². The first-order valence-corrected chi connectivity index (χ1v) is 21.6. The van der Waals surface area contributed by atoms with Crippen LogP contribution in [0.25, 0.3) is 0 Å². The smallest absolute Gasteiger partial charge is 0.329 e. The van der Waals surface area contributed by atoms with Crippen molar-refractivity contribution in [2.75, 3.05) is 52.3 Å². The summed E-state index contributed by atoms with van der Waals surface area (Å²) in [6, 6.07) is 14.6. The van der Waals surface area contributed by atoms with Gasteiger partial charge in [-0.1, -0.05) is 31.5 Å². The molecule has 0 amide bonds. The Morgan fingerprint density at radius 3 is 2.68 bits per heavy atom. The van der Waals surface area contributed by atoms with Crippen molar-refractivity contribution in [2.45, 2.75) is 120 Å². The number of piperidine rings is 1. The van der Waals surface area contributed by atoms with E-state index in [2.05, 4.69) is 55.2 Å². The number of anilines is 1. The van der Waals surface area contributed by atoms with Crippen molar-refractivity contribution in [2.24, 2.45) is 11.8 Å². The van der Waals surface area contributed by atoms with E-state index in [9.17, 15) is 9.90 Å². The first-order valence-electron chi connectivity index (χ1n) is 21.3. The molecule has 2 fully saturated rings. The van der Waals surface area contributed by atoms with Crippen molar-refractivity contribution in [3.8, 4) is 17.2 Å². The molecule has 8 rings (SSSR count). The molecule has 2 aliphatic heterocycles. The number of rotatable bonds is 11. The van der Waals surface area contributed by atoms with Gasteiger partial charge in [-0.05, 0) is 169 Å². The molecule has 3 aromatic rings. The lowest BCUT2D eigenvalue weighted by atomic mass is 9.59. The number of aromatic nitrogens is 1. The molecule has 2 aromatic carbocycles. The SMILES string of the molecule is C[C@@H](COc1ccnc2c1[C@H](C)CCC2)C[C@H]1Cc2cc3c(cc2C12CCC(Nc1cccc(Cl)c1)(C(=O)O)CC2)O[C@@H](CN(C)C1CCN(C)CC1)CCO3. The van der Waals surface area contributed by atoms with Crippen LogP contribution in [0.5, 0.6) is 17.2 Å². The third-order valence-corrected chi connectivity index (χ3v) is 14.4. The Bertz CT molecular complexity index is 1870. The van der Waals surface area contributed by atoms with Crippen molar-refractivity contribution in [3.05, 3.63) is 76.1 Å². The second kappa shape index (κ2) is 16.4.